The SMILES string of the molecule is Cc1cc(OCCN(C)C)c(C(C)C)cc1OC(=O)COCC(=O)OCCC12CC3CC(CC(C3)C1SN=O)C2. The fourth-order valence-corrected chi connectivity index (χ4v) is 8.26. The van der Waals surface area contributed by atoms with Crippen LogP contribution < -0.4 is 9.47 Å². The number of nitrogens with zero attached hydrogens (tertiary/aromatic N) is 2. The summed E-state index contributed by atoms with van der Waals surface area (Å²) < 4.78 is 25.5. The van der Waals surface area contributed by atoms with Crippen LogP contribution in [0.1, 0.15) is 69.4 Å². The minimum Gasteiger partial charge on any atom is -0.492 e. The second-order valence-electron chi connectivity index (χ2n) is 12.5. The Morgan fingerprint density at radius 3 is 2.40 bits per heavy atom. The Balaban J connectivity index is 1.21. The zero-order valence-corrected chi connectivity index (χ0v) is 25.3. The predicted molar refractivity (Wildman–Crippen MR) is 155 cm³/mol. The summed E-state index contributed by atoms with van der Waals surface area (Å²) in [6, 6.07) is 3.73. The van der Waals surface area contributed by atoms with Crippen LogP contribution in [0, 0.1) is 35.0 Å². The third-order valence-electron chi connectivity index (χ3n) is 8.77. The van der Waals surface area contributed by atoms with E-state index >= 15 is 0 Å². The molecule has 0 aromatic heterocycles. The van der Waals surface area contributed by atoms with Gasteiger partial charge >= 0.3 is 11.9 Å². The van der Waals surface area contributed by atoms with Gasteiger partial charge < -0.3 is 23.8 Å². The highest BCUT2D eigenvalue weighted by Gasteiger charge is 2.57. The number of hydrogen-bond acceptors (Lipinski definition) is 10. The maximum atomic E-state index is 12.5. The lowest BCUT2D eigenvalue weighted by atomic mass is 9.48. The van der Waals surface area contributed by atoms with Gasteiger partial charge in [-0.3, -0.25) is 0 Å². The minimum absolute atomic E-state index is 0.0257. The van der Waals surface area contributed by atoms with Gasteiger partial charge in [0.25, 0.3) is 0 Å². The molecule has 40 heavy (non-hydrogen) atoms. The van der Waals surface area contributed by atoms with Gasteiger partial charge in [-0.15, -0.1) is 4.91 Å². The van der Waals surface area contributed by atoms with E-state index < -0.39 is 11.9 Å². The first kappa shape index (κ1) is 30.8. The second-order valence-corrected chi connectivity index (χ2v) is 13.3. The van der Waals surface area contributed by atoms with Crippen LogP contribution in [0.15, 0.2) is 16.7 Å². The fraction of sp³-hybridized carbons (Fsp3) is 0.733. The molecule has 0 saturated heterocycles. The van der Waals surface area contributed by atoms with Crippen LogP contribution in [-0.2, 0) is 19.1 Å². The van der Waals surface area contributed by atoms with Crippen molar-refractivity contribution in [1.29, 1.82) is 0 Å². The molecule has 4 fully saturated rings. The topological polar surface area (TPSA) is 104 Å². The Morgan fingerprint density at radius 1 is 1.05 bits per heavy atom. The normalized spacial score (nSPS) is 26.8. The molecule has 3 atom stereocenters. The van der Waals surface area contributed by atoms with Gasteiger partial charge in [0.05, 0.1) is 6.61 Å². The quantitative estimate of drug-likeness (QED) is 0.115. The van der Waals surface area contributed by atoms with Crippen LogP contribution in [0.2, 0.25) is 0 Å². The largest absolute Gasteiger partial charge is 0.492 e. The molecule has 9 nitrogen and oxygen atoms in total. The molecule has 4 aliphatic rings. The smallest absolute Gasteiger partial charge is 0.337 e. The first-order chi connectivity index (χ1) is 19.1. The van der Waals surface area contributed by atoms with Crippen LogP contribution in [-0.4, -0.2) is 69.2 Å². The molecule has 4 bridgehead atoms. The van der Waals surface area contributed by atoms with Crippen LogP contribution in [0.4, 0.5) is 0 Å². The van der Waals surface area contributed by atoms with Crippen molar-refractivity contribution in [3.05, 3.63) is 28.2 Å². The third kappa shape index (κ3) is 7.56. The molecule has 3 unspecified atom stereocenters. The molecule has 0 radical (unpaired) electrons. The lowest BCUT2D eigenvalue weighted by Gasteiger charge is -2.60. The van der Waals surface area contributed by atoms with Crippen molar-refractivity contribution in [2.45, 2.75) is 70.5 Å². The summed E-state index contributed by atoms with van der Waals surface area (Å²) in [5.74, 6) is 2.32. The Labute approximate surface area is 242 Å². The van der Waals surface area contributed by atoms with Crippen molar-refractivity contribution < 1.29 is 28.5 Å². The predicted octanol–water partition coefficient (Wildman–Crippen LogP) is 5.52. The van der Waals surface area contributed by atoms with Gasteiger partial charge in [0, 0.05) is 33.9 Å². The molecular weight excluding hydrogens is 532 g/mol. The van der Waals surface area contributed by atoms with Crippen molar-refractivity contribution in [3.8, 4) is 11.5 Å². The van der Waals surface area contributed by atoms with E-state index in [1.54, 1.807) is 0 Å². The molecule has 5 rings (SSSR count). The van der Waals surface area contributed by atoms with Gasteiger partial charge in [0.2, 0.25) is 0 Å². The van der Waals surface area contributed by atoms with Crippen molar-refractivity contribution in [1.82, 2.24) is 4.90 Å². The molecular formula is C30H44N2O7S. The molecule has 0 spiro atoms. The summed E-state index contributed by atoms with van der Waals surface area (Å²) in [5.41, 5.74) is 1.76. The summed E-state index contributed by atoms with van der Waals surface area (Å²) in [6.07, 6.45) is 6.61. The zero-order valence-electron chi connectivity index (χ0n) is 24.5. The van der Waals surface area contributed by atoms with Gasteiger partial charge in [-0.05, 0) is 106 Å². The van der Waals surface area contributed by atoms with E-state index in [0.717, 1.165) is 54.5 Å². The Morgan fingerprint density at radius 2 is 1.75 bits per heavy atom. The molecule has 10 heteroatoms. The van der Waals surface area contributed by atoms with Gasteiger partial charge in [0.1, 0.15) is 31.3 Å². The summed E-state index contributed by atoms with van der Waals surface area (Å²) >= 11 is 1.19. The Bertz CT molecular complexity index is 1050. The number of carbonyl (C=O) groups excluding carboxylic acids is 2. The van der Waals surface area contributed by atoms with Crippen LogP contribution in [0.5, 0.6) is 11.5 Å². The van der Waals surface area contributed by atoms with Crippen molar-refractivity contribution >= 4 is 23.9 Å². The molecule has 222 valence electrons. The number of likely N-dealkylation sites (N-methyl/N-ethyl adjacent to an activating group) is 1. The number of aryl methyl sites for hydroxylation is 1. The first-order valence-electron chi connectivity index (χ1n) is 14.4. The molecule has 0 N–H and O–H groups in total. The van der Waals surface area contributed by atoms with Crippen molar-refractivity contribution in [3.63, 3.8) is 0 Å². The molecule has 1 aromatic rings. The molecule has 0 aliphatic heterocycles. The molecule has 4 saturated carbocycles. The monoisotopic (exact) mass is 576 g/mol. The summed E-state index contributed by atoms with van der Waals surface area (Å²) in [4.78, 5) is 38.0. The average Bonchev–Trinajstić information content (AvgIpc) is 2.87. The first-order valence-corrected chi connectivity index (χ1v) is 15.3. The average molecular weight is 577 g/mol. The van der Waals surface area contributed by atoms with Crippen LogP contribution in [0.25, 0.3) is 0 Å². The number of rotatable bonds is 15. The molecule has 1 aromatic carbocycles. The van der Waals surface area contributed by atoms with E-state index in [4.69, 9.17) is 18.9 Å². The summed E-state index contributed by atoms with van der Waals surface area (Å²) in [6.45, 7) is 6.96. The van der Waals surface area contributed by atoms with Crippen LogP contribution in [0.3, 0.4) is 0 Å². The summed E-state index contributed by atoms with van der Waals surface area (Å²) in [7, 11) is 3.99. The third-order valence-corrected chi connectivity index (χ3v) is 9.97. The van der Waals surface area contributed by atoms with E-state index in [-0.39, 0.29) is 36.4 Å². The van der Waals surface area contributed by atoms with Gasteiger partial charge in [-0.2, -0.15) is 0 Å². The van der Waals surface area contributed by atoms with Crippen LogP contribution >= 0.6 is 11.9 Å². The Hall–Kier alpha value is -2.17. The molecule has 0 heterocycles. The highest BCUT2D eigenvalue weighted by molar-refractivity contribution is 7.98. The van der Waals surface area contributed by atoms with Crippen molar-refractivity contribution in [2.75, 3.05) is 47.1 Å². The number of hydrogen-bond donors (Lipinski definition) is 0. The lowest BCUT2D eigenvalue weighted by Crippen LogP contribution is -2.54. The number of carbonyl (C=O) groups is 2. The standard InChI is InChI=1S/C30H44N2O7S/c1-19(2)24-14-25(20(3)10-26(24)37-9-7-32(4)5)39-28(34)18-36-17-27(33)38-8-6-30-15-21-11-22(16-30)13-23(12-21)29(30)40-31-35/h10,14,19,21-23,29H,6-9,11-13,15-18H2,1-5H3. The lowest BCUT2D eigenvalue weighted by molar-refractivity contribution is -0.153. The minimum atomic E-state index is -0.582. The second kappa shape index (κ2) is 13.7. The fourth-order valence-electron chi connectivity index (χ4n) is 7.23. The van der Waals surface area contributed by atoms with Gasteiger partial charge in [0.15, 0.2) is 0 Å². The van der Waals surface area contributed by atoms with E-state index in [1.165, 1.54) is 31.2 Å². The Kier molecular flexibility index (Phi) is 10.5. The zero-order chi connectivity index (χ0) is 28.9. The number of ether oxygens (including phenoxy) is 4. The van der Waals surface area contributed by atoms with E-state index in [0.29, 0.717) is 18.3 Å². The highest BCUT2D eigenvalue weighted by Crippen LogP contribution is 2.64. The maximum absolute atomic E-state index is 12.5. The number of benzene rings is 1. The number of nitroso groups, excluding NO2 is 1. The maximum Gasteiger partial charge on any atom is 0.337 e. The molecule has 4 aliphatic carbocycles. The summed E-state index contributed by atoms with van der Waals surface area (Å²) in [5, 5.41) is 0.223. The van der Waals surface area contributed by atoms with E-state index in [1.807, 2.05) is 33.2 Å². The number of esters is 2. The van der Waals surface area contributed by atoms with E-state index in [2.05, 4.69) is 23.3 Å². The van der Waals surface area contributed by atoms with Gasteiger partial charge in [-0.25, -0.2) is 9.59 Å². The molecule has 0 amide bonds. The van der Waals surface area contributed by atoms with Gasteiger partial charge in [-0.1, -0.05) is 13.8 Å². The van der Waals surface area contributed by atoms with Crippen molar-refractivity contribution in [2.24, 2.45) is 27.8 Å². The highest BCUT2D eigenvalue weighted by atomic mass is 32.2. The van der Waals surface area contributed by atoms with E-state index in [9.17, 15) is 14.5 Å².